The molecule has 0 unspecified atom stereocenters. The van der Waals surface area contributed by atoms with Crippen LogP contribution in [-0.4, -0.2) is 94.4 Å². The summed E-state index contributed by atoms with van der Waals surface area (Å²) in [4.78, 5) is 31.0. The van der Waals surface area contributed by atoms with Crippen molar-refractivity contribution in [2.24, 2.45) is 4.99 Å². The van der Waals surface area contributed by atoms with Gasteiger partial charge in [0.05, 0.1) is 13.2 Å². The van der Waals surface area contributed by atoms with Gasteiger partial charge in [-0.05, 0) is 19.8 Å². The van der Waals surface area contributed by atoms with Crippen molar-refractivity contribution in [3.05, 3.63) is 0 Å². The highest BCUT2D eigenvalue weighted by Gasteiger charge is 2.24. The lowest BCUT2D eigenvalue weighted by Crippen LogP contribution is -2.50. The number of likely N-dealkylation sites (tertiary alicyclic amines) is 1. The van der Waals surface area contributed by atoms with E-state index in [9.17, 15) is 9.59 Å². The largest absolute Gasteiger partial charge is 0.450 e. The van der Waals surface area contributed by atoms with Crippen molar-refractivity contribution in [3.8, 4) is 0 Å². The van der Waals surface area contributed by atoms with Gasteiger partial charge in [0, 0.05) is 46.9 Å². The lowest BCUT2D eigenvalue weighted by molar-refractivity contribution is -0.127. The summed E-state index contributed by atoms with van der Waals surface area (Å²) >= 11 is 0. The number of carbonyl (C=O) groups excluding carboxylic acids is 2. The smallest absolute Gasteiger partial charge is 0.409 e. The molecule has 2 N–H and O–H groups in total. The molecule has 1 fully saturated rings. The quantitative estimate of drug-likeness (QED) is 0.236. The first-order valence-electron chi connectivity index (χ1n) is 8.63. The molecule has 1 heterocycles. The fourth-order valence-electron chi connectivity index (χ4n) is 2.33. The Labute approximate surface area is 172 Å². The van der Waals surface area contributed by atoms with Gasteiger partial charge in [-0.3, -0.25) is 4.79 Å². The van der Waals surface area contributed by atoms with Crippen LogP contribution in [0.2, 0.25) is 0 Å². The van der Waals surface area contributed by atoms with Crippen molar-refractivity contribution in [3.63, 3.8) is 0 Å². The topological polar surface area (TPSA) is 95.5 Å². The second-order valence-electron chi connectivity index (χ2n) is 5.98. The van der Waals surface area contributed by atoms with Gasteiger partial charge in [0.15, 0.2) is 5.96 Å². The average molecular weight is 485 g/mol. The maximum atomic E-state index is 11.7. The predicted octanol–water partition coefficient (Wildman–Crippen LogP) is 0.495. The maximum Gasteiger partial charge on any atom is 0.409 e. The molecule has 2 amide bonds. The molecule has 26 heavy (non-hydrogen) atoms. The van der Waals surface area contributed by atoms with E-state index in [1.807, 2.05) is 0 Å². The average Bonchev–Trinajstić information content (AvgIpc) is 2.60. The Balaban J connectivity index is 0.00000625. The summed E-state index contributed by atoms with van der Waals surface area (Å²) in [6, 6.07) is 0.189. The van der Waals surface area contributed by atoms with E-state index in [1.54, 1.807) is 33.0 Å². The Morgan fingerprint density at radius 2 is 1.92 bits per heavy atom. The third-order valence-electron chi connectivity index (χ3n) is 3.83. The second-order valence-corrected chi connectivity index (χ2v) is 5.98. The van der Waals surface area contributed by atoms with E-state index >= 15 is 0 Å². The van der Waals surface area contributed by atoms with Gasteiger partial charge in [-0.25, -0.2) is 9.79 Å². The van der Waals surface area contributed by atoms with Crippen molar-refractivity contribution >= 4 is 41.9 Å². The Hall–Kier alpha value is -1.30. The standard InChI is InChI=1S/C16H31N5O4.HI/c1-5-25-16(23)21-9-6-13(7-10-21)19-15(17-8-11-24-4)18-12-14(22)20(2)3;/h13H,5-12H2,1-4H3,(H2,17,18,19);1H. The summed E-state index contributed by atoms with van der Waals surface area (Å²) in [5.41, 5.74) is 0. The van der Waals surface area contributed by atoms with E-state index in [0.29, 0.717) is 38.8 Å². The highest BCUT2D eigenvalue weighted by atomic mass is 127. The predicted molar refractivity (Wildman–Crippen MR) is 111 cm³/mol. The van der Waals surface area contributed by atoms with Crippen LogP contribution in [0.3, 0.4) is 0 Å². The van der Waals surface area contributed by atoms with Crippen LogP contribution in [-0.2, 0) is 14.3 Å². The minimum Gasteiger partial charge on any atom is -0.450 e. The summed E-state index contributed by atoms with van der Waals surface area (Å²) in [7, 11) is 5.04. The van der Waals surface area contributed by atoms with E-state index in [0.717, 1.165) is 12.8 Å². The van der Waals surface area contributed by atoms with Crippen LogP contribution in [0.1, 0.15) is 19.8 Å². The van der Waals surface area contributed by atoms with Crippen LogP contribution in [0.15, 0.2) is 4.99 Å². The first-order valence-corrected chi connectivity index (χ1v) is 8.63. The number of hydrogen-bond donors (Lipinski definition) is 2. The monoisotopic (exact) mass is 485 g/mol. The fourth-order valence-corrected chi connectivity index (χ4v) is 2.33. The molecular weight excluding hydrogens is 453 g/mol. The van der Waals surface area contributed by atoms with Crippen LogP contribution in [0.5, 0.6) is 0 Å². The summed E-state index contributed by atoms with van der Waals surface area (Å²) in [5, 5.41) is 6.49. The number of likely N-dealkylation sites (N-methyl/N-ethyl adjacent to an activating group) is 1. The molecule has 0 spiro atoms. The zero-order chi connectivity index (χ0) is 18.7. The normalized spacial score (nSPS) is 15.1. The first kappa shape index (κ1) is 24.7. The van der Waals surface area contributed by atoms with E-state index in [4.69, 9.17) is 9.47 Å². The number of methoxy groups -OCH3 is 1. The number of halogens is 1. The molecule has 0 bridgehead atoms. The van der Waals surface area contributed by atoms with Crippen LogP contribution in [0, 0.1) is 0 Å². The lowest BCUT2D eigenvalue weighted by Gasteiger charge is -2.32. The van der Waals surface area contributed by atoms with Crippen molar-refractivity contribution in [1.29, 1.82) is 0 Å². The van der Waals surface area contributed by atoms with Crippen LogP contribution < -0.4 is 10.6 Å². The fraction of sp³-hybridized carbons (Fsp3) is 0.812. The zero-order valence-electron chi connectivity index (χ0n) is 16.1. The van der Waals surface area contributed by atoms with Gasteiger partial charge in [-0.1, -0.05) is 0 Å². The molecule has 0 atom stereocenters. The van der Waals surface area contributed by atoms with E-state index in [-0.39, 0.29) is 48.6 Å². The first-order chi connectivity index (χ1) is 12.0. The minimum atomic E-state index is -0.260. The Bertz CT molecular complexity index is 454. The molecular formula is C16H32IN5O4. The van der Waals surface area contributed by atoms with E-state index < -0.39 is 0 Å². The number of carbonyl (C=O) groups is 2. The van der Waals surface area contributed by atoms with Crippen molar-refractivity contribution < 1.29 is 19.1 Å². The minimum absolute atomic E-state index is 0. The number of guanidine groups is 1. The molecule has 0 aliphatic carbocycles. The molecule has 1 rings (SSSR count). The SMILES string of the molecule is CCOC(=O)N1CCC(NC(=NCC(=O)N(C)C)NCCOC)CC1.I. The Morgan fingerprint density at radius 3 is 2.46 bits per heavy atom. The molecule has 10 heteroatoms. The molecule has 9 nitrogen and oxygen atoms in total. The number of piperidine rings is 1. The molecule has 0 saturated carbocycles. The summed E-state index contributed by atoms with van der Waals surface area (Å²) in [5.74, 6) is 0.520. The number of ether oxygens (including phenoxy) is 2. The van der Waals surface area contributed by atoms with Gasteiger partial charge in [0.25, 0.3) is 0 Å². The Kier molecular flexibility index (Phi) is 13.2. The summed E-state index contributed by atoms with van der Waals surface area (Å²) < 4.78 is 10.1. The second kappa shape index (κ2) is 13.8. The van der Waals surface area contributed by atoms with Crippen LogP contribution in [0.4, 0.5) is 4.79 Å². The molecule has 0 aromatic carbocycles. The van der Waals surface area contributed by atoms with Crippen LogP contribution >= 0.6 is 24.0 Å². The third kappa shape index (κ3) is 9.41. The highest BCUT2D eigenvalue weighted by molar-refractivity contribution is 14.0. The van der Waals surface area contributed by atoms with Crippen LogP contribution in [0.25, 0.3) is 0 Å². The highest BCUT2D eigenvalue weighted by Crippen LogP contribution is 2.11. The number of hydrogen-bond acceptors (Lipinski definition) is 5. The number of nitrogens with one attached hydrogen (secondary N) is 2. The zero-order valence-corrected chi connectivity index (χ0v) is 18.4. The molecule has 1 saturated heterocycles. The van der Waals surface area contributed by atoms with Gasteiger partial charge in [-0.2, -0.15) is 0 Å². The van der Waals surface area contributed by atoms with Gasteiger partial charge >= 0.3 is 6.09 Å². The number of nitrogens with zero attached hydrogens (tertiary/aromatic N) is 3. The van der Waals surface area contributed by atoms with Gasteiger partial charge in [0.2, 0.25) is 5.91 Å². The maximum absolute atomic E-state index is 11.7. The summed E-state index contributed by atoms with van der Waals surface area (Å²) in [6.07, 6.45) is 1.33. The Morgan fingerprint density at radius 1 is 1.27 bits per heavy atom. The lowest BCUT2D eigenvalue weighted by atomic mass is 10.1. The summed E-state index contributed by atoms with van der Waals surface area (Å²) in [6.45, 7) is 4.69. The molecule has 1 aliphatic heterocycles. The van der Waals surface area contributed by atoms with E-state index in [1.165, 1.54) is 4.90 Å². The van der Waals surface area contributed by atoms with Crippen molar-refractivity contribution in [1.82, 2.24) is 20.4 Å². The molecule has 0 aromatic rings. The van der Waals surface area contributed by atoms with Gasteiger partial charge in [-0.15, -0.1) is 24.0 Å². The van der Waals surface area contributed by atoms with Crippen molar-refractivity contribution in [2.75, 3.05) is 60.6 Å². The number of amides is 2. The number of aliphatic imine (C=N–C) groups is 1. The molecule has 0 aromatic heterocycles. The van der Waals surface area contributed by atoms with Crippen molar-refractivity contribution in [2.45, 2.75) is 25.8 Å². The van der Waals surface area contributed by atoms with Gasteiger partial charge < -0.3 is 29.9 Å². The third-order valence-corrected chi connectivity index (χ3v) is 3.83. The molecule has 152 valence electrons. The number of rotatable bonds is 7. The molecule has 0 radical (unpaired) electrons. The van der Waals surface area contributed by atoms with E-state index in [2.05, 4.69) is 15.6 Å². The molecule has 1 aliphatic rings. The van der Waals surface area contributed by atoms with Gasteiger partial charge in [0.1, 0.15) is 6.54 Å².